The Morgan fingerprint density at radius 2 is 1.73 bits per heavy atom. The van der Waals surface area contributed by atoms with E-state index < -0.39 is 11.6 Å². The first-order valence-electron chi connectivity index (χ1n) is 6.36. The Morgan fingerprint density at radius 3 is 2.36 bits per heavy atom. The molecule has 2 aromatic carbocycles. The molecule has 0 aliphatic heterocycles. The van der Waals surface area contributed by atoms with Crippen molar-refractivity contribution in [1.82, 2.24) is 9.78 Å². The number of rotatable bonds is 3. The monoisotopic (exact) mass is 318 g/mol. The number of carbonyl (C=O) groups is 1. The smallest absolute Gasteiger partial charge is 0.155 e. The summed E-state index contributed by atoms with van der Waals surface area (Å²) in [6.07, 6.45) is 0.547. The zero-order valence-electron chi connectivity index (χ0n) is 11.1. The normalized spacial score (nSPS) is 10.7. The fourth-order valence-electron chi connectivity index (χ4n) is 2.12. The summed E-state index contributed by atoms with van der Waals surface area (Å²) in [6.45, 7) is 0. The van der Waals surface area contributed by atoms with Gasteiger partial charge >= 0.3 is 0 Å². The molecule has 0 spiro atoms. The van der Waals surface area contributed by atoms with Crippen molar-refractivity contribution >= 4 is 17.9 Å². The van der Waals surface area contributed by atoms with Crippen molar-refractivity contribution in [2.75, 3.05) is 0 Å². The van der Waals surface area contributed by atoms with Gasteiger partial charge in [-0.25, -0.2) is 13.5 Å². The van der Waals surface area contributed by atoms with E-state index in [-0.39, 0.29) is 22.1 Å². The van der Waals surface area contributed by atoms with E-state index in [4.69, 9.17) is 11.6 Å². The molecule has 6 heteroatoms. The van der Waals surface area contributed by atoms with Crippen molar-refractivity contribution in [3.05, 3.63) is 70.9 Å². The largest absolute Gasteiger partial charge is 0.298 e. The molecule has 0 aliphatic rings. The Bertz CT molecular complexity index is 844. The van der Waals surface area contributed by atoms with Gasteiger partial charge in [0.05, 0.1) is 5.56 Å². The van der Waals surface area contributed by atoms with Crippen LogP contribution in [0.3, 0.4) is 0 Å². The Balaban J connectivity index is 2.21. The van der Waals surface area contributed by atoms with Gasteiger partial charge in [0, 0.05) is 5.56 Å². The summed E-state index contributed by atoms with van der Waals surface area (Å²) in [7, 11) is 0. The Kier molecular flexibility index (Phi) is 3.73. The zero-order chi connectivity index (χ0) is 15.7. The number of carbonyl (C=O) groups excluding carboxylic acids is 1. The summed E-state index contributed by atoms with van der Waals surface area (Å²) in [5, 5.41) is 4.20. The van der Waals surface area contributed by atoms with Crippen LogP contribution in [0.25, 0.3) is 16.9 Å². The van der Waals surface area contributed by atoms with Crippen LogP contribution < -0.4 is 0 Å². The number of aromatic nitrogens is 2. The summed E-state index contributed by atoms with van der Waals surface area (Å²) in [5.41, 5.74) is 1.03. The van der Waals surface area contributed by atoms with Crippen LogP contribution in [0.4, 0.5) is 8.78 Å². The maximum atomic E-state index is 13.9. The second-order valence-electron chi connectivity index (χ2n) is 4.54. The van der Waals surface area contributed by atoms with Gasteiger partial charge in [0.25, 0.3) is 0 Å². The highest BCUT2D eigenvalue weighted by atomic mass is 35.5. The number of hydrogen-bond donors (Lipinski definition) is 0. The van der Waals surface area contributed by atoms with Crippen LogP contribution in [-0.2, 0) is 0 Å². The second kappa shape index (κ2) is 5.69. The van der Waals surface area contributed by atoms with E-state index in [1.165, 1.54) is 42.5 Å². The Labute approximate surface area is 129 Å². The highest BCUT2D eigenvalue weighted by Crippen LogP contribution is 2.30. The van der Waals surface area contributed by atoms with E-state index in [9.17, 15) is 13.6 Å². The fraction of sp³-hybridized carbons (Fsp3) is 0. The third kappa shape index (κ3) is 2.40. The molecule has 22 heavy (non-hydrogen) atoms. The molecule has 0 saturated heterocycles. The standard InChI is InChI=1S/C16H9ClF2N2O/c17-16-12(9-22)15(10-5-7-11(18)8-6-10)20-21(16)14-4-2-1-3-13(14)19/h1-9H. The molecule has 0 radical (unpaired) electrons. The third-order valence-corrected chi connectivity index (χ3v) is 3.54. The molecule has 1 aromatic heterocycles. The van der Waals surface area contributed by atoms with Crippen LogP contribution >= 0.6 is 11.6 Å². The topological polar surface area (TPSA) is 34.9 Å². The third-order valence-electron chi connectivity index (χ3n) is 3.18. The summed E-state index contributed by atoms with van der Waals surface area (Å²) >= 11 is 6.15. The minimum Gasteiger partial charge on any atom is -0.298 e. The van der Waals surface area contributed by atoms with E-state index in [0.29, 0.717) is 11.8 Å². The number of aldehydes is 1. The Hall–Kier alpha value is -2.53. The van der Waals surface area contributed by atoms with Gasteiger partial charge in [-0.3, -0.25) is 4.79 Å². The van der Waals surface area contributed by atoms with E-state index in [1.54, 1.807) is 6.07 Å². The van der Waals surface area contributed by atoms with Crippen LogP contribution in [-0.4, -0.2) is 16.1 Å². The van der Waals surface area contributed by atoms with Gasteiger partial charge < -0.3 is 0 Å². The lowest BCUT2D eigenvalue weighted by molar-refractivity contribution is 0.112. The fourth-order valence-corrected chi connectivity index (χ4v) is 2.38. The lowest BCUT2D eigenvalue weighted by Gasteiger charge is -2.03. The average molecular weight is 319 g/mol. The highest BCUT2D eigenvalue weighted by molar-refractivity contribution is 6.32. The first kappa shape index (κ1) is 14.4. The number of halogens is 3. The molecule has 0 saturated carbocycles. The molecule has 3 nitrogen and oxygen atoms in total. The number of hydrogen-bond acceptors (Lipinski definition) is 2. The van der Waals surface area contributed by atoms with Gasteiger partial charge in [-0.05, 0) is 36.4 Å². The predicted octanol–water partition coefficient (Wildman–Crippen LogP) is 4.28. The molecule has 1 heterocycles. The van der Waals surface area contributed by atoms with Crippen LogP contribution in [0.15, 0.2) is 48.5 Å². The highest BCUT2D eigenvalue weighted by Gasteiger charge is 2.19. The van der Waals surface area contributed by atoms with Gasteiger partial charge in [-0.2, -0.15) is 5.10 Å². The summed E-state index contributed by atoms with van der Waals surface area (Å²) in [6, 6.07) is 11.4. The quantitative estimate of drug-likeness (QED) is 0.675. The van der Waals surface area contributed by atoms with Crippen molar-refractivity contribution in [1.29, 1.82) is 0 Å². The Morgan fingerprint density at radius 1 is 1.05 bits per heavy atom. The van der Waals surface area contributed by atoms with E-state index in [1.807, 2.05) is 0 Å². The lowest BCUT2D eigenvalue weighted by atomic mass is 10.1. The van der Waals surface area contributed by atoms with Gasteiger partial charge in [0.2, 0.25) is 0 Å². The maximum Gasteiger partial charge on any atom is 0.155 e. The van der Waals surface area contributed by atoms with Crippen molar-refractivity contribution < 1.29 is 13.6 Å². The lowest BCUT2D eigenvalue weighted by Crippen LogP contribution is -1.99. The number of para-hydroxylation sites is 1. The molecule has 0 unspecified atom stereocenters. The average Bonchev–Trinajstić information content (AvgIpc) is 2.85. The second-order valence-corrected chi connectivity index (χ2v) is 4.90. The molecular formula is C16H9ClF2N2O. The zero-order valence-corrected chi connectivity index (χ0v) is 11.9. The molecule has 3 aromatic rings. The van der Waals surface area contributed by atoms with Gasteiger partial charge in [-0.15, -0.1) is 0 Å². The summed E-state index contributed by atoms with van der Waals surface area (Å²) in [4.78, 5) is 11.3. The van der Waals surface area contributed by atoms with Crippen molar-refractivity contribution in [3.63, 3.8) is 0 Å². The van der Waals surface area contributed by atoms with Crippen LogP contribution in [0.1, 0.15) is 10.4 Å². The van der Waals surface area contributed by atoms with Crippen molar-refractivity contribution in [2.45, 2.75) is 0 Å². The van der Waals surface area contributed by atoms with Gasteiger partial charge in [0.1, 0.15) is 28.2 Å². The molecule has 3 rings (SSSR count). The van der Waals surface area contributed by atoms with Crippen LogP contribution in [0, 0.1) is 11.6 Å². The molecular weight excluding hydrogens is 310 g/mol. The van der Waals surface area contributed by atoms with Gasteiger partial charge in [0.15, 0.2) is 6.29 Å². The van der Waals surface area contributed by atoms with Crippen molar-refractivity contribution in [2.24, 2.45) is 0 Å². The first-order valence-corrected chi connectivity index (χ1v) is 6.74. The SMILES string of the molecule is O=Cc1c(-c2ccc(F)cc2)nn(-c2ccccc2F)c1Cl. The van der Waals surface area contributed by atoms with E-state index >= 15 is 0 Å². The molecule has 0 aliphatic carbocycles. The summed E-state index contributed by atoms with van der Waals surface area (Å²) in [5.74, 6) is -0.925. The number of benzene rings is 2. The van der Waals surface area contributed by atoms with Crippen LogP contribution in [0.2, 0.25) is 5.15 Å². The minimum atomic E-state index is -0.519. The van der Waals surface area contributed by atoms with Crippen LogP contribution in [0.5, 0.6) is 0 Å². The molecule has 0 amide bonds. The first-order chi connectivity index (χ1) is 10.6. The predicted molar refractivity (Wildman–Crippen MR) is 79.3 cm³/mol. The van der Waals surface area contributed by atoms with Gasteiger partial charge in [-0.1, -0.05) is 23.7 Å². The van der Waals surface area contributed by atoms with Crippen molar-refractivity contribution in [3.8, 4) is 16.9 Å². The van der Waals surface area contributed by atoms with E-state index in [0.717, 1.165) is 4.68 Å². The molecule has 110 valence electrons. The molecule has 0 fully saturated rings. The molecule has 0 atom stereocenters. The molecule has 0 bridgehead atoms. The number of nitrogens with zero attached hydrogens (tertiary/aromatic N) is 2. The maximum absolute atomic E-state index is 13.9. The summed E-state index contributed by atoms with van der Waals surface area (Å²) < 4.78 is 28.1. The molecule has 0 N–H and O–H groups in total. The minimum absolute atomic E-state index is 0.000532. The van der Waals surface area contributed by atoms with E-state index in [2.05, 4.69) is 5.10 Å².